The van der Waals surface area contributed by atoms with Crippen molar-refractivity contribution in [2.45, 2.75) is 48.5 Å². The van der Waals surface area contributed by atoms with E-state index in [2.05, 4.69) is 17.2 Å². The van der Waals surface area contributed by atoms with Gasteiger partial charge < -0.3 is 100 Å². The number of hydrogen-bond donors (Lipinski definition) is 1. The molecular formula is C104H95NO29. The van der Waals surface area contributed by atoms with Crippen molar-refractivity contribution < 1.29 is 138 Å². The summed E-state index contributed by atoms with van der Waals surface area (Å²) in [6.45, 7) is 15.3. The van der Waals surface area contributed by atoms with E-state index in [4.69, 9.17) is 94.7 Å². The fraction of sp³-hybridized carbons (Fsp3) is 0.202. The number of benzene rings is 12. The third-order valence-corrected chi connectivity index (χ3v) is 19.2. The van der Waals surface area contributed by atoms with Crippen LogP contribution in [0.15, 0.2) is 237 Å². The van der Waals surface area contributed by atoms with Gasteiger partial charge in [0.1, 0.15) is 137 Å². The van der Waals surface area contributed by atoms with Gasteiger partial charge in [-0.25, -0.2) is 38.4 Å². The number of rotatable bonds is 36. The number of methoxy groups -OCH3 is 8. The maximum Gasteiger partial charge on any atom is 0.351 e. The highest BCUT2D eigenvalue weighted by Gasteiger charge is 2.29. The molecule has 0 fully saturated rings. The normalized spacial score (nSPS) is 10.5. The van der Waals surface area contributed by atoms with Crippen molar-refractivity contribution in [3.63, 3.8) is 0 Å². The number of anilines is 1. The van der Waals surface area contributed by atoms with Crippen LogP contribution in [0.3, 0.4) is 0 Å². The standard InChI is InChI=1S/C53H50O16.C51H45NO13/c1-31(2)29-63-41-25-43(59-5)47(44(26-41)60-6)52(57)68-37-17-11-34(12-18-37)49(54)65-36-15-9-33(10-16-36)50(55)66-39-21-23-40(24-22-39)67-51(56)35-13-19-38(20-14-35)69-53(58)48-45(61-7)27-42(28-46(48)62-8)64-30-32(3)4;1-8-61-39-27-42(57-4)46(43(28-39)58-5)50(55)63-37-21-15-34(16-22-37)48(53)52-36-19-12-32(13-20-36)10-11-33-14-25-41(31(3)26-33)65-49(54)35-17-23-38(24-18-35)64-51(56)47-44(59-6)29-40(62-9-2)30-45(47)60-7/h9-28,31-32H,29-30H2,1-8H3;12-30H,8-9H2,1-7H3,(H,52,53). The van der Waals surface area contributed by atoms with Crippen LogP contribution in [0.25, 0.3) is 0 Å². The van der Waals surface area contributed by atoms with Crippen molar-refractivity contribution in [1.82, 2.24) is 0 Å². The van der Waals surface area contributed by atoms with E-state index >= 15 is 0 Å². The molecule has 0 atom stereocenters. The Bertz CT molecular complexity index is 6180. The van der Waals surface area contributed by atoms with Crippen LogP contribution < -0.4 is 100 Å². The minimum Gasteiger partial charge on any atom is -0.496 e. The van der Waals surface area contributed by atoms with Gasteiger partial charge in [0, 0.05) is 70.9 Å². The summed E-state index contributed by atoms with van der Waals surface area (Å²) in [7, 11) is 11.4. The van der Waals surface area contributed by atoms with E-state index in [-0.39, 0.29) is 148 Å². The fourth-order valence-corrected chi connectivity index (χ4v) is 12.5. The number of carbonyl (C=O) groups excluding carboxylic acids is 9. The second-order valence-electron chi connectivity index (χ2n) is 29.6. The van der Waals surface area contributed by atoms with Crippen molar-refractivity contribution in [1.29, 1.82) is 0 Å². The molecule has 0 bridgehead atoms. The first kappa shape index (κ1) is 97.6. The van der Waals surface area contributed by atoms with E-state index in [1.54, 1.807) is 110 Å². The summed E-state index contributed by atoms with van der Waals surface area (Å²) in [4.78, 5) is 118. The molecule has 0 heterocycles. The SMILES string of the molecule is CCOc1cc(OC)c(C(=O)Oc2ccc(C(=O)Nc3ccc(C#Cc4ccc(OC(=O)c5ccc(OC(=O)c6c(OC)cc(OCC)cc6OC)cc5)c(C)c4)cc3)cc2)c(OC)c1.COc1cc(OCC(C)C)cc(OC)c1C(=O)Oc1ccc(C(=O)Oc2ccc(OC(=O)c3ccc(OC(=O)c4ccc(OC(=O)c5c(OC)cc(OCC(C)C)cc5OC)cc4)cc3)cc2)cc1. The number of amides is 1. The zero-order chi connectivity index (χ0) is 96.1. The monoisotopic (exact) mass is 1820 g/mol. The second kappa shape index (κ2) is 46.8. The van der Waals surface area contributed by atoms with Crippen LogP contribution in [-0.2, 0) is 0 Å². The summed E-state index contributed by atoms with van der Waals surface area (Å²) in [5.41, 5.74) is 4.02. The van der Waals surface area contributed by atoms with E-state index in [1.807, 2.05) is 41.5 Å². The zero-order valence-electron chi connectivity index (χ0n) is 75.8. The van der Waals surface area contributed by atoms with Gasteiger partial charge in [-0.05, 0) is 226 Å². The summed E-state index contributed by atoms with van der Waals surface area (Å²) < 4.78 is 110. The average molecular weight is 1820 g/mol. The van der Waals surface area contributed by atoms with Crippen LogP contribution in [-0.4, -0.2) is 137 Å². The Labute approximate surface area is 772 Å². The van der Waals surface area contributed by atoms with Gasteiger partial charge in [0.2, 0.25) is 0 Å². The smallest absolute Gasteiger partial charge is 0.351 e. The topological polar surface area (TPSA) is 350 Å². The maximum absolute atomic E-state index is 13.2. The van der Waals surface area contributed by atoms with Crippen molar-refractivity contribution in [2.24, 2.45) is 11.8 Å². The summed E-state index contributed by atoms with van der Waals surface area (Å²) >= 11 is 0. The lowest BCUT2D eigenvalue weighted by Crippen LogP contribution is -2.13. The van der Waals surface area contributed by atoms with Crippen LogP contribution >= 0.6 is 0 Å². The lowest BCUT2D eigenvalue weighted by molar-refractivity contribution is 0.0713. The molecular weight excluding hydrogens is 1730 g/mol. The highest BCUT2D eigenvalue weighted by molar-refractivity contribution is 6.05. The first-order valence-electron chi connectivity index (χ1n) is 41.6. The number of ether oxygens (including phenoxy) is 20. The number of aryl methyl sites for hydroxylation is 1. The third kappa shape index (κ3) is 26.2. The molecule has 690 valence electrons. The number of hydrogen-bond acceptors (Lipinski definition) is 29. The fourth-order valence-electron chi connectivity index (χ4n) is 12.5. The van der Waals surface area contributed by atoms with Gasteiger partial charge >= 0.3 is 47.8 Å². The number of esters is 8. The lowest BCUT2D eigenvalue weighted by atomic mass is 10.1. The van der Waals surface area contributed by atoms with Crippen molar-refractivity contribution in [2.75, 3.05) is 88.6 Å². The minimum atomic E-state index is -0.745. The van der Waals surface area contributed by atoms with E-state index in [0.29, 0.717) is 83.1 Å². The molecule has 0 saturated carbocycles. The Kier molecular flexibility index (Phi) is 34.1. The van der Waals surface area contributed by atoms with Crippen LogP contribution in [0.2, 0.25) is 0 Å². The van der Waals surface area contributed by atoms with Crippen LogP contribution in [0.5, 0.6) is 115 Å². The van der Waals surface area contributed by atoms with Crippen molar-refractivity contribution in [3.8, 4) is 127 Å². The van der Waals surface area contributed by atoms with Gasteiger partial charge in [-0.2, -0.15) is 0 Å². The zero-order valence-corrected chi connectivity index (χ0v) is 75.8. The molecule has 0 unspecified atom stereocenters. The molecule has 0 aromatic heterocycles. The molecule has 0 radical (unpaired) electrons. The molecule has 0 aliphatic carbocycles. The predicted octanol–water partition coefficient (Wildman–Crippen LogP) is 19.0. The average Bonchev–Trinajstić information content (AvgIpc) is 0.811. The molecule has 12 aromatic rings. The first-order chi connectivity index (χ1) is 64.6. The highest BCUT2D eigenvalue weighted by atomic mass is 16.6. The summed E-state index contributed by atoms with van der Waals surface area (Å²) in [5, 5.41) is 2.85. The Hall–Kier alpha value is -17.0. The van der Waals surface area contributed by atoms with E-state index in [1.165, 1.54) is 190 Å². The van der Waals surface area contributed by atoms with Crippen LogP contribution in [0, 0.1) is 30.6 Å². The lowest BCUT2D eigenvalue weighted by Gasteiger charge is -2.16. The molecule has 0 spiro atoms. The molecule has 12 rings (SSSR count). The van der Waals surface area contributed by atoms with E-state index in [0.717, 1.165) is 0 Å². The summed E-state index contributed by atoms with van der Waals surface area (Å²) in [5.74, 6) is 5.99. The first-order valence-corrected chi connectivity index (χ1v) is 41.6. The minimum absolute atomic E-state index is 0.0599. The second-order valence-corrected chi connectivity index (χ2v) is 29.6. The molecule has 12 aromatic carbocycles. The van der Waals surface area contributed by atoms with Gasteiger partial charge in [-0.1, -0.05) is 39.5 Å². The Morgan fingerprint density at radius 1 is 0.254 bits per heavy atom. The van der Waals surface area contributed by atoms with Gasteiger partial charge in [-0.15, -0.1) is 0 Å². The highest BCUT2D eigenvalue weighted by Crippen LogP contribution is 2.41. The molecule has 1 amide bonds. The molecule has 0 aliphatic heterocycles. The Morgan fingerprint density at radius 3 is 0.739 bits per heavy atom. The molecule has 30 nitrogen and oxygen atoms in total. The molecule has 134 heavy (non-hydrogen) atoms. The Morgan fingerprint density at radius 2 is 0.485 bits per heavy atom. The van der Waals surface area contributed by atoms with Gasteiger partial charge in [0.05, 0.1) is 106 Å². The quantitative estimate of drug-likeness (QED) is 0.0216. The molecule has 1 N–H and O–H groups in total. The van der Waals surface area contributed by atoms with E-state index in [9.17, 15) is 43.2 Å². The molecule has 30 heteroatoms. The van der Waals surface area contributed by atoms with Crippen molar-refractivity contribution in [3.05, 3.63) is 303 Å². The number of carbonyl (C=O) groups is 9. The number of nitrogens with one attached hydrogen (secondary N) is 1. The van der Waals surface area contributed by atoms with Crippen LogP contribution in [0.4, 0.5) is 5.69 Å². The van der Waals surface area contributed by atoms with Gasteiger partial charge in [0.25, 0.3) is 5.91 Å². The molecule has 0 aliphatic rings. The summed E-state index contributed by atoms with van der Waals surface area (Å²) in [6, 6.07) is 59.9. The van der Waals surface area contributed by atoms with Gasteiger partial charge in [-0.3, -0.25) is 4.79 Å². The van der Waals surface area contributed by atoms with Crippen LogP contribution in [0.1, 0.15) is 151 Å². The largest absolute Gasteiger partial charge is 0.496 e. The third-order valence-electron chi connectivity index (χ3n) is 19.2. The van der Waals surface area contributed by atoms with E-state index < -0.39 is 47.8 Å². The van der Waals surface area contributed by atoms with Crippen molar-refractivity contribution >= 4 is 59.3 Å². The maximum atomic E-state index is 13.2. The predicted molar refractivity (Wildman–Crippen MR) is 491 cm³/mol. The summed E-state index contributed by atoms with van der Waals surface area (Å²) in [6.07, 6.45) is 0. The molecule has 0 saturated heterocycles. The van der Waals surface area contributed by atoms with Gasteiger partial charge in [0.15, 0.2) is 0 Å². The Balaban J connectivity index is 0.000000258.